The molecule has 0 amide bonds. The maximum Gasteiger partial charge on any atom is 0.237 e. The van der Waals surface area contributed by atoms with Gasteiger partial charge in [0.1, 0.15) is 0 Å². The summed E-state index contributed by atoms with van der Waals surface area (Å²) >= 11 is 0. The summed E-state index contributed by atoms with van der Waals surface area (Å²) in [5.41, 5.74) is 0.998. The van der Waals surface area contributed by atoms with Crippen LogP contribution in [0.25, 0.3) is 0 Å². The topological polar surface area (TPSA) is 46.2 Å². The van der Waals surface area contributed by atoms with Crippen LogP contribution in [0.5, 0.6) is 5.88 Å². The maximum atomic E-state index is 5.48. The van der Waals surface area contributed by atoms with Gasteiger partial charge in [0, 0.05) is 18.8 Å². The lowest BCUT2D eigenvalue weighted by Gasteiger charge is -2.25. The number of aromatic nitrogens is 1. The number of hydrogen-bond donors (Lipinski definition) is 2. The quantitative estimate of drug-likeness (QED) is 0.811. The average molecular weight is 221 g/mol. The Morgan fingerprint density at radius 3 is 3.31 bits per heavy atom. The molecule has 1 aromatic heterocycles. The lowest BCUT2D eigenvalue weighted by Crippen LogP contribution is -2.38. The maximum absolute atomic E-state index is 5.48. The molecule has 0 bridgehead atoms. The smallest absolute Gasteiger partial charge is 0.237 e. The normalized spacial score (nSPS) is 20.4. The van der Waals surface area contributed by atoms with E-state index in [1.54, 1.807) is 6.20 Å². The Morgan fingerprint density at radius 1 is 1.62 bits per heavy atom. The van der Waals surface area contributed by atoms with E-state index < -0.39 is 0 Å². The van der Waals surface area contributed by atoms with E-state index in [1.165, 1.54) is 12.8 Å². The third-order valence-corrected chi connectivity index (χ3v) is 2.71. The average Bonchev–Trinajstić information content (AvgIpc) is 2.33. The zero-order chi connectivity index (χ0) is 11.2. The highest BCUT2D eigenvalue weighted by Crippen LogP contribution is 2.22. The minimum Gasteiger partial charge on any atom is -0.476 e. The molecule has 88 valence electrons. The number of rotatable bonds is 4. The standard InChI is InChI=1S/C12H19N3O/c1-2-16-12-11(6-4-8-14-12)15-10-5-3-7-13-9-10/h4,6,8,10,13,15H,2-3,5,7,9H2,1H3. The van der Waals surface area contributed by atoms with Crippen LogP contribution in [0.15, 0.2) is 18.3 Å². The summed E-state index contributed by atoms with van der Waals surface area (Å²) in [6.45, 7) is 4.76. The van der Waals surface area contributed by atoms with Crippen molar-refractivity contribution in [1.82, 2.24) is 10.3 Å². The molecule has 2 heterocycles. The van der Waals surface area contributed by atoms with Crippen molar-refractivity contribution < 1.29 is 4.74 Å². The van der Waals surface area contributed by atoms with Crippen molar-refractivity contribution in [3.05, 3.63) is 18.3 Å². The van der Waals surface area contributed by atoms with Gasteiger partial charge in [0.2, 0.25) is 5.88 Å². The molecule has 4 heteroatoms. The van der Waals surface area contributed by atoms with Crippen LogP contribution in [0.1, 0.15) is 19.8 Å². The molecule has 1 atom stereocenters. The predicted octanol–water partition coefficient (Wildman–Crippen LogP) is 1.64. The predicted molar refractivity (Wildman–Crippen MR) is 64.9 cm³/mol. The molecule has 1 fully saturated rings. The summed E-state index contributed by atoms with van der Waals surface area (Å²) < 4.78 is 5.48. The number of nitrogens with one attached hydrogen (secondary N) is 2. The van der Waals surface area contributed by atoms with Gasteiger partial charge in [-0.25, -0.2) is 4.98 Å². The van der Waals surface area contributed by atoms with Crippen LogP contribution >= 0.6 is 0 Å². The van der Waals surface area contributed by atoms with Gasteiger partial charge in [-0.05, 0) is 38.4 Å². The molecule has 4 nitrogen and oxygen atoms in total. The number of piperidine rings is 1. The Bertz CT molecular complexity index is 324. The molecule has 16 heavy (non-hydrogen) atoms. The minimum absolute atomic E-state index is 0.483. The van der Waals surface area contributed by atoms with Gasteiger partial charge in [0.25, 0.3) is 0 Å². The van der Waals surface area contributed by atoms with Gasteiger partial charge in [0.15, 0.2) is 0 Å². The second kappa shape index (κ2) is 5.70. The van der Waals surface area contributed by atoms with Crippen molar-refractivity contribution in [3.8, 4) is 5.88 Å². The highest BCUT2D eigenvalue weighted by molar-refractivity contribution is 5.52. The van der Waals surface area contributed by atoms with Crippen LogP contribution in [0.4, 0.5) is 5.69 Å². The van der Waals surface area contributed by atoms with E-state index >= 15 is 0 Å². The van der Waals surface area contributed by atoms with Crippen molar-refractivity contribution in [2.24, 2.45) is 0 Å². The van der Waals surface area contributed by atoms with Crippen LogP contribution in [-0.2, 0) is 0 Å². The molecular formula is C12H19N3O. The fourth-order valence-corrected chi connectivity index (χ4v) is 1.95. The monoisotopic (exact) mass is 221 g/mol. The Balaban J connectivity index is 2.01. The van der Waals surface area contributed by atoms with E-state index in [0.717, 1.165) is 18.8 Å². The largest absolute Gasteiger partial charge is 0.476 e. The first-order valence-corrected chi connectivity index (χ1v) is 5.95. The Morgan fingerprint density at radius 2 is 2.56 bits per heavy atom. The first kappa shape index (κ1) is 11.2. The number of ether oxygens (including phenoxy) is 1. The molecule has 2 rings (SSSR count). The lowest BCUT2D eigenvalue weighted by molar-refractivity contribution is 0.327. The van der Waals surface area contributed by atoms with Gasteiger partial charge in [-0.15, -0.1) is 0 Å². The summed E-state index contributed by atoms with van der Waals surface area (Å²) in [6, 6.07) is 4.44. The zero-order valence-electron chi connectivity index (χ0n) is 9.70. The SMILES string of the molecule is CCOc1ncccc1NC1CCCNC1. The van der Waals surface area contributed by atoms with Gasteiger partial charge in [-0.2, -0.15) is 0 Å². The molecule has 1 saturated heterocycles. The molecule has 0 radical (unpaired) electrons. The first-order chi connectivity index (χ1) is 7.90. The van der Waals surface area contributed by atoms with Crippen LogP contribution in [0.2, 0.25) is 0 Å². The highest BCUT2D eigenvalue weighted by atomic mass is 16.5. The Kier molecular flexibility index (Phi) is 3.99. The van der Waals surface area contributed by atoms with Gasteiger partial charge in [0.05, 0.1) is 12.3 Å². The van der Waals surface area contributed by atoms with Crippen molar-refractivity contribution in [2.75, 3.05) is 25.0 Å². The number of pyridine rings is 1. The lowest BCUT2D eigenvalue weighted by atomic mass is 10.1. The van der Waals surface area contributed by atoms with Crippen LogP contribution < -0.4 is 15.4 Å². The van der Waals surface area contributed by atoms with Crippen LogP contribution in [0.3, 0.4) is 0 Å². The molecule has 1 aromatic rings. The summed E-state index contributed by atoms with van der Waals surface area (Å²) in [6.07, 6.45) is 4.19. The second-order valence-electron chi connectivity index (χ2n) is 3.98. The number of nitrogens with zero attached hydrogens (tertiary/aromatic N) is 1. The summed E-state index contributed by atoms with van der Waals surface area (Å²) in [5, 5.41) is 6.87. The summed E-state index contributed by atoms with van der Waals surface area (Å²) in [4.78, 5) is 4.23. The Hall–Kier alpha value is -1.29. The number of hydrogen-bond acceptors (Lipinski definition) is 4. The molecule has 1 aliphatic rings. The van der Waals surface area contributed by atoms with E-state index in [4.69, 9.17) is 4.74 Å². The van der Waals surface area contributed by atoms with Crippen molar-refractivity contribution >= 4 is 5.69 Å². The third kappa shape index (κ3) is 2.85. The fourth-order valence-electron chi connectivity index (χ4n) is 1.95. The minimum atomic E-state index is 0.483. The summed E-state index contributed by atoms with van der Waals surface area (Å²) in [5.74, 6) is 0.704. The van der Waals surface area contributed by atoms with E-state index in [9.17, 15) is 0 Å². The first-order valence-electron chi connectivity index (χ1n) is 5.95. The Labute approximate surface area is 96.4 Å². The van der Waals surface area contributed by atoms with E-state index in [2.05, 4.69) is 15.6 Å². The van der Waals surface area contributed by atoms with Gasteiger partial charge >= 0.3 is 0 Å². The highest BCUT2D eigenvalue weighted by Gasteiger charge is 2.14. The molecular weight excluding hydrogens is 202 g/mol. The van der Waals surface area contributed by atoms with Crippen molar-refractivity contribution in [1.29, 1.82) is 0 Å². The molecule has 0 spiro atoms. The molecule has 0 aliphatic carbocycles. The summed E-state index contributed by atoms with van der Waals surface area (Å²) in [7, 11) is 0. The van der Waals surface area contributed by atoms with E-state index in [-0.39, 0.29) is 0 Å². The van der Waals surface area contributed by atoms with E-state index in [1.807, 2.05) is 19.1 Å². The molecule has 0 saturated carbocycles. The van der Waals surface area contributed by atoms with Gasteiger partial charge < -0.3 is 15.4 Å². The van der Waals surface area contributed by atoms with Crippen LogP contribution in [0, 0.1) is 0 Å². The zero-order valence-corrected chi connectivity index (χ0v) is 9.70. The van der Waals surface area contributed by atoms with E-state index in [0.29, 0.717) is 18.5 Å². The molecule has 2 N–H and O–H groups in total. The molecule has 1 unspecified atom stereocenters. The van der Waals surface area contributed by atoms with Gasteiger partial charge in [-0.1, -0.05) is 0 Å². The third-order valence-electron chi connectivity index (χ3n) is 2.71. The fraction of sp³-hybridized carbons (Fsp3) is 0.583. The van der Waals surface area contributed by atoms with Crippen LogP contribution in [-0.4, -0.2) is 30.7 Å². The molecule has 1 aliphatic heterocycles. The number of anilines is 1. The molecule has 0 aromatic carbocycles. The van der Waals surface area contributed by atoms with Crippen molar-refractivity contribution in [3.63, 3.8) is 0 Å². The van der Waals surface area contributed by atoms with Crippen molar-refractivity contribution in [2.45, 2.75) is 25.8 Å². The second-order valence-corrected chi connectivity index (χ2v) is 3.98. The van der Waals surface area contributed by atoms with Gasteiger partial charge in [-0.3, -0.25) is 0 Å².